The summed E-state index contributed by atoms with van der Waals surface area (Å²) in [6, 6.07) is 0.230. The molecule has 1 aliphatic rings. The molecule has 1 fully saturated rings. The maximum Gasteiger partial charge on any atom is 0.236 e. The maximum absolute atomic E-state index is 11.6. The van der Waals surface area contributed by atoms with Crippen molar-refractivity contribution in [2.45, 2.75) is 44.6 Å². The van der Waals surface area contributed by atoms with E-state index in [0.717, 1.165) is 32.0 Å². The summed E-state index contributed by atoms with van der Waals surface area (Å²) in [5, 5.41) is 0. The third-order valence-electron chi connectivity index (χ3n) is 3.03. The lowest BCUT2D eigenvalue weighted by molar-refractivity contribution is -0.134. The van der Waals surface area contributed by atoms with E-state index in [1.165, 1.54) is 12.8 Å². The molecule has 0 bridgehead atoms. The van der Waals surface area contributed by atoms with Gasteiger partial charge in [0.1, 0.15) is 6.29 Å². The molecule has 0 aromatic carbocycles. The Hall–Kier alpha value is -0.900. The average molecular weight is 212 g/mol. The fourth-order valence-corrected chi connectivity index (χ4v) is 2.22. The Kier molecular flexibility index (Phi) is 5.32. The van der Waals surface area contributed by atoms with Gasteiger partial charge < -0.3 is 15.4 Å². The predicted octanol–water partition coefficient (Wildman–Crippen LogP) is 0.695. The number of carbonyl (C=O) groups is 2. The summed E-state index contributed by atoms with van der Waals surface area (Å²) in [7, 11) is 0. The highest BCUT2D eigenvalue weighted by atomic mass is 16.2. The van der Waals surface area contributed by atoms with Crippen LogP contribution in [0.4, 0.5) is 0 Å². The van der Waals surface area contributed by atoms with Crippen molar-refractivity contribution >= 4 is 12.2 Å². The number of nitrogens with two attached hydrogens (primary N) is 1. The quantitative estimate of drug-likeness (QED) is 0.551. The number of amides is 1. The minimum absolute atomic E-state index is 0.00431. The summed E-state index contributed by atoms with van der Waals surface area (Å²) in [6.07, 6.45) is 7.60. The van der Waals surface area contributed by atoms with Crippen LogP contribution in [0, 0.1) is 0 Å². The zero-order valence-electron chi connectivity index (χ0n) is 9.15. The SMILES string of the molecule is NCC(=O)N(CC=O)C1CCCCCC1. The number of rotatable bonds is 4. The van der Waals surface area contributed by atoms with Crippen LogP contribution in [0.1, 0.15) is 38.5 Å². The Bertz CT molecular complexity index is 211. The van der Waals surface area contributed by atoms with Crippen molar-refractivity contribution in [3.63, 3.8) is 0 Å². The van der Waals surface area contributed by atoms with Crippen molar-refractivity contribution in [1.29, 1.82) is 0 Å². The van der Waals surface area contributed by atoms with E-state index in [4.69, 9.17) is 5.73 Å². The highest BCUT2D eigenvalue weighted by molar-refractivity contribution is 5.80. The van der Waals surface area contributed by atoms with Crippen LogP contribution in [-0.2, 0) is 9.59 Å². The smallest absolute Gasteiger partial charge is 0.236 e. The standard InChI is InChI=1S/C11H20N2O2/c12-9-11(15)13(7-8-14)10-5-3-1-2-4-6-10/h8,10H,1-7,9,12H2. The highest BCUT2D eigenvalue weighted by Gasteiger charge is 2.22. The van der Waals surface area contributed by atoms with E-state index in [2.05, 4.69) is 0 Å². The van der Waals surface area contributed by atoms with Gasteiger partial charge in [0, 0.05) is 6.04 Å². The summed E-state index contributed by atoms with van der Waals surface area (Å²) in [5.41, 5.74) is 5.34. The molecular weight excluding hydrogens is 192 g/mol. The van der Waals surface area contributed by atoms with Crippen molar-refractivity contribution in [2.24, 2.45) is 5.73 Å². The van der Waals surface area contributed by atoms with Crippen molar-refractivity contribution in [2.75, 3.05) is 13.1 Å². The van der Waals surface area contributed by atoms with Gasteiger partial charge >= 0.3 is 0 Å². The Morgan fingerprint density at radius 2 is 1.87 bits per heavy atom. The number of hydrogen-bond donors (Lipinski definition) is 1. The van der Waals surface area contributed by atoms with Gasteiger partial charge in [-0.25, -0.2) is 0 Å². The van der Waals surface area contributed by atoms with Crippen LogP contribution in [0.5, 0.6) is 0 Å². The molecule has 0 unspecified atom stereocenters. The van der Waals surface area contributed by atoms with Crippen LogP contribution in [0.25, 0.3) is 0 Å². The van der Waals surface area contributed by atoms with Gasteiger partial charge in [0.25, 0.3) is 0 Å². The van der Waals surface area contributed by atoms with Crippen molar-refractivity contribution in [3.05, 3.63) is 0 Å². The lowest BCUT2D eigenvalue weighted by atomic mass is 10.1. The van der Waals surface area contributed by atoms with Crippen molar-refractivity contribution in [3.8, 4) is 0 Å². The van der Waals surface area contributed by atoms with E-state index in [-0.39, 0.29) is 25.0 Å². The molecule has 1 aliphatic carbocycles. The molecule has 0 aliphatic heterocycles. The van der Waals surface area contributed by atoms with E-state index in [9.17, 15) is 9.59 Å². The Balaban J connectivity index is 2.59. The lowest BCUT2D eigenvalue weighted by Crippen LogP contribution is -2.44. The molecule has 86 valence electrons. The first kappa shape index (κ1) is 12.2. The Morgan fingerprint density at radius 3 is 2.33 bits per heavy atom. The van der Waals surface area contributed by atoms with Crippen LogP contribution in [0.15, 0.2) is 0 Å². The van der Waals surface area contributed by atoms with E-state index in [1.54, 1.807) is 4.90 Å². The number of aldehydes is 1. The molecule has 1 saturated carbocycles. The summed E-state index contributed by atoms with van der Waals surface area (Å²) >= 11 is 0. The minimum atomic E-state index is -0.103. The maximum atomic E-state index is 11.6. The second kappa shape index (κ2) is 6.56. The van der Waals surface area contributed by atoms with Crippen LogP contribution in [-0.4, -0.2) is 36.2 Å². The molecular formula is C11H20N2O2. The third kappa shape index (κ3) is 3.63. The van der Waals surface area contributed by atoms with E-state index >= 15 is 0 Å². The van der Waals surface area contributed by atoms with E-state index < -0.39 is 0 Å². The largest absolute Gasteiger partial charge is 0.332 e. The zero-order valence-corrected chi connectivity index (χ0v) is 9.15. The molecule has 0 aromatic rings. The van der Waals surface area contributed by atoms with Gasteiger partial charge in [-0.2, -0.15) is 0 Å². The minimum Gasteiger partial charge on any atom is -0.332 e. The van der Waals surface area contributed by atoms with Crippen molar-refractivity contribution < 1.29 is 9.59 Å². The third-order valence-corrected chi connectivity index (χ3v) is 3.03. The average Bonchev–Trinajstić information content (AvgIpc) is 2.53. The summed E-state index contributed by atoms with van der Waals surface area (Å²) in [5.74, 6) is -0.103. The van der Waals surface area contributed by atoms with Gasteiger partial charge in [0.05, 0.1) is 13.1 Å². The molecule has 0 aromatic heterocycles. The van der Waals surface area contributed by atoms with Crippen LogP contribution < -0.4 is 5.73 Å². The molecule has 15 heavy (non-hydrogen) atoms. The van der Waals surface area contributed by atoms with Crippen LogP contribution >= 0.6 is 0 Å². The van der Waals surface area contributed by atoms with Gasteiger partial charge in [-0.1, -0.05) is 25.7 Å². The van der Waals surface area contributed by atoms with E-state index in [0.29, 0.717) is 0 Å². The monoisotopic (exact) mass is 212 g/mol. The topological polar surface area (TPSA) is 63.4 Å². The fraction of sp³-hybridized carbons (Fsp3) is 0.818. The molecule has 1 rings (SSSR count). The molecule has 0 radical (unpaired) electrons. The first-order valence-corrected chi connectivity index (χ1v) is 5.72. The van der Waals surface area contributed by atoms with Gasteiger partial charge in [-0.15, -0.1) is 0 Å². The summed E-state index contributed by atoms with van der Waals surface area (Å²) in [4.78, 5) is 23.7. The molecule has 4 heteroatoms. The van der Waals surface area contributed by atoms with Crippen LogP contribution in [0.3, 0.4) is 0 Å². The van der Waals surface area contributed by atoms with Gasteiger partial charge in [0.2, 0.25) is 5.91 Å². The highest BCUT2D eigenvalue weighted by Crippen LogP contribution is 2.21. The molecule has 1 amide bonds. The zero-order chi connectivity index (χ0) is 11.1. The Labute approximate surface area is 90.8 Å². The number of nitrogens with zero attached hydrogens (tertiary/aromatic N) is 1. The molecule has 0 saturated heterocycles. The van der Waals surface area contributed by atoms with Gasteiger partial charge in [0.15, 0.2) is 0 Å². The number of carbonyl (C=O) groups excluding carboxylic acids is 2. The molecule has 2 N–H and O–H groups in total. The normalized spacial score (nSPS) is 18.2. The number of hydrogen-bond acceptors (Lipinski definition) is 3. The van der Waals surface area contributed by atoms with Gasteiger partial charge in [-0.3, -0.25) is 4.79 Å². The summed E-state index contributed by atoms with van der Waals surface area (Å²) in [6.45, 7) is 0.199. The summed E-state index contributed by atoms with van der Waals surface area (Å²) < 4.78 is 0. The van der Waals surface area contributed by atoms with Crippen LogP contribution in [0.2, 0.25) is 0 Å². The second-order valence-electron chi connectivity index (χ2n) is 4.06. The second-order valence-corrected chi connectivity index (χ2v) is 4.06. The van der Waals surface area contributed by atoms with Crippen molar-refractivity contribution in [1.82, 2.24) is 4.90 Å². The Morgan fingerprint density at radius 1 is 1.27 bits per heavy atom. The first-order valence-electron chi connectivity index (χ1n) is 5.72. The molecule has 0 atom stereocenters. The first-order chi connectivity index (χ1) is 7.29. The lowest BCUT2D eigenvalue weighted by Gasteiger charge is -2.29. The van der Waals surface area contributed by atoms with Gasteiger partial charge in [-0.05, 0) is 12.8 Å². The predicted molar refractivity (Wildman–Crippen MR) is 58.3 cm³/mol. The molecule has 0 spiro atoms. The molecule has 4 nitrogen and oxygen atoms in total. The van der Waals surface area contributed by atoms with E-state index in [1.807, 2.05) is 0 Å². The molecule has 0 heterocycles. The fourth-order valence-electron chi connectivity index (χ4n) is 2.22.